The zero-order valence-electron chi connectivity index (χ0n) is 12.3. The van der Waals surface area contributed by atoms with Gasteiger partial charge in [-0.15, -0.1) is 0 Å². The van der Waals surface area contributed by atoms with Gasteiger partial charge in [-0.2, -0.15) is 0 Å². The second-order valence-corrected chi connectivity index (χ2v) is 5.65. The largest absolute Gasteiger partial charge is 0.311 e. The summed E-state index contributed by atoms with van der Waals surface area (Å²) >= 11 is 0. The van der Waals surface area contributed by atoms with Crippen molar-refractivity contribution >= 4 is 0 Å². The molecule has 1 atom stereocenters. The van der Waals surface area contributed by atoms with Gasteiger partial charge in [0.2, 0.25) is 0 Å². The normalized spacial score (nSPS) is 21.0. The van der Waals surface area contributed by atoms with Crippen LogP contribution in [0.15, 0.2) is 0 Å². The zero-order valence-corrected chi connectivity index (χ0v) is 12.3. The minimum atomic E-state index is 0.698. The first-order valence-electron chi connectivity index (χ1n) is 7.69. The lowest BCUT2D eigenvalue weighted by Crippen LogP contribution is -2.45. The number of rotatable bonds is 7. The van der Waals surface area contributed by atoms with Crippen molar-refractivity contribution in [3.63, 3.8) is 0 Å². The van der Waals surface area contributed by atoms with Gasteiger partial charge in [0.25, 0.3) is 0 Å². The fourth-order valence-corrected chi connectivity index (χ4v) is 3.03. The summed E-state index contributed by atoms with van der Waals surface area (Å²) in [5.74, 6) is 0.892. The molecule has 102 valence electrons. The standard InChI is InChI=1S/C15H32N2/c1-5-10-17-11-8-14(9-12-17)13(4)16-15(6-2)7-3/h13-16H,5-12H2,1-4H3. The van der Waals surface area contributed by atoms with Crippen LogP contribution in [0.5, 0.6) is 0 Å². The molecule has 1 aliphatic heterocycles. The summed E-state index contributed by atoms with van der Waals surface area (Å²) in [7, 11) is 0. The van der Waals surface area contributed by atoms with Crippen LogP contribution in [0.2, 0.25) is 0 Å². The Bertz CT molecular complexity index is 181. The highest BCUT2D eigenvalue weighted by Gasteiger charge is 2.24. The highest BCUT2D eigenvalue weighted by Crippen LogP contribution is 2.21. The first-order chi connectivity index (χ1) is 8.21. The number of hydrogen-bond acceptors (Lipinski definition) is 2. The lowest BCUT2D eigenvalue weighted by atomic mass is 9.89. The van der Waals surface area contributed by atoms with Crippen molar-refractivity contribution in [1.29, 1.82) is 0 Å². The predicted molar refractivity (Wildman–Crippen MR) is 76.4 cm³/mol. The highest BCUT2D eigenvalue weighted by atomic mass is 15.1. The SMILES string of the molecule is CCCN1CCC(C(C)NC(CC)CC)CC1. The van der Waals surface area contributed by atoms with E-state index in [1.165, 1.54) is 51.7 Å². The van der Waals surface area contributed by atoms with Gasteiger partial charge in [-0.3, -0.25) is 0 Å². The van der Waals surface area contributed by atoms with E-state index in [-0.39, 0.29) is 0 Å². The molecule has 0 saturated carbocycles. The van der Waals surface area contributed by atoms with E-state index in [9.17, 15) is 0 Å². The van der Waals surface area contributed by atoms with Crippen LogP contribution in [-0.2, 0) is 0 Å². The van der Waals surface area contributed by atoms with Gasteiger partial charge in [-0.1, -0.05) is 20.8 Å². The third kappa shape index (κ3) is 4.97. The summed E-state index contributed by atoms with van der Waals surface area (Å²) < 4.78 is 0. The summed E-state index contributed by atoms with van der Waals surface area (Å²) in [5.41, 5.74) is 0. The Kier molecular flexibility index (Phi) is 7.14. The molecule has 0 aliphatic carbocycles. The number of hydrogen-bond donors (Lipinski definition) is 1. The second kappa shape index (κ2) is 8.10. The summed E-state index contributed by atoms with van der Waals surface area (Å²) in [6.07, 6.45) is 6.58. The number of piperidine rings is 1. The lowest BCUT2D eigenvalue weighted by Gasteiger charge is -2.36. The Morgan fingerprint density at radius 3 is 2.18 bits per heavy atom. The zero-order chi connectivity index (χ0) is 12.7. The highest BCUT2D eigenvalue weighted by molar-refractivity contribution is 4.81. The summed E-state index contributed by atoms with van der Waals surface area (Å²) in [5, 5.41) is 3.81. The Hall–Kier alpha value is -0.0800. The second-order valence-electron chi connectivity index (χ2n) is 5.65. The van der Waals surface area contributed by atoms with Gasteiger partial charge in [-0.25, -0.2) is 0 Å². The van der Waals surface area contributed by atoms with E-state index in [1.807, 2.05) is 0 Å². The summed E-state index contributed by atoms with van der Waals surface area (Å²) in [6.45, 7) is 13.2. The molecule has 17 heavy (non-hydrogen) atoms. The van der Waals surface area contributed by atoms with Crippen molar-refractivity contribution in [3.8, 4) is 0 Å². The summed E-state index contributed by atoms with van der Waals surface area (Å²) in [4.78, 5) is 2.63. The maximum atomic E-state index is 3.81. The number of likely N-dealkylation sites (tertiary alicyclic amines) is 1. The Morgan fingerprint density at radius 2 is 1.71 bits per heavy atom. The van der Waals surface area contributed by atoms with Crippen LogP contribution in [0.25, 0.3) is 0 Å². The van der Waals surface area contributed by atoms with Crippen LogP contribution in [0, 0.1) is 5.92 Å². The molecule has 1 rings (SSSR count). The average Bonchev–Trinajstić information content (AvgIpc) is 2.37. The Balaban J connectivity index is 2.27. The van der Waals surface area contributed by atoms with E-state index in [0.29, 0.717) is 6.04 Å². The van der Waals surface area contributed by atoms with E-state index in [4.69, 9.17) is 0 Å². The molecule has 2 heteroatoms. The predicted octanol–water partition coefficient (Wildman–Crippen LogP) is 3.28. The average molecular weight is 240 g/mol. The Morgan fingerprint density at radius 1 is 1.12 bits per heavy atom. The molecule has 1 saturated heterocycles. The van der Waals surface area contributed by atoms with Gasteiger partial charge in [0.1, 0.15) is 0 Å². The van der Waals surface area contributed by atoms with Crippen molar-refractivity contribution in [2.75, 3.05) is 19.6 Å². The lowest BCUT2D eigenvalue weighted by molar-refractivity contribution is 0.157. The molecule has 1 N–H and O–H groups in total. The summed E-state index contributed by atoms with van der Waals surface area (Å²) in [6, 6.07) is 1.42. The van der Waals surface area contributed by atoms with E-state index >= 15 is 0 Å². The van der Waals surface area contributed by atoms with Gasteiger partial charge in [0.05, 0.1) is 0 Å². The minimum Gasteiger partial charge on any atom is -0.311 e. The molecule has 1 aliphatic rings. The molecule has 0 bridgehead atoms. The molecule has 1 unspecified atom stereocenters. The van der Waals surface area contributed by atoms with E-state index in [0.717, 1.165) is 12.0 Å². The number of nitrogens with one attached hydrogen (secondary N) is 1. The van der Waals surface area contributed by atoms with Crippen molar-refractivity contribution in [2.45, 2.75) is 71.9 Å². The molecule has 2 nitrogen and oxygen atoms in total. The van der Waals surface area contributed by atoms with Crippen LogP contribution in [0.1, 0.15) is 59.8 Å². The molecule has 0 spiro atoms. The van der Waals surface area contributed by atoms with Crippen molar-refractivity contribution in [2.24, 2.45) is 5.92 Å². The molecule has 0 aromatic rings. The van der Waals surface area contributed by atoms with Crippen LogP contribution in [0.3, 0.4) is 0 Å². The fraction of sp³-hybridized carbons (Fsp3) is 1.00. The monoisotopic (exact) mass is 240 g/mol. The maximum Gasteiger partial charge on any atom is 0.00705 e. The number of nitrogens with zero attached hydrogens (tertiary/aromatic N) is 1. The molecule has 1 fully saturated rings. The first kappa shape index (κ1) is 15.0. The molecule has 0 amide bonds. The van der Waals surface area contributed by atoms with Crippen LogP contribution in [0.4, 0.5) is 0 Å². The third-order valence-electron chi connectivity index (χ3n) is 4.36. The Labute approximate surface area is 108 Å². The third-order valence-corrected chi connectivity index (χ3v) is 4.36. The van der Waals surface area contributed by atoms with E-state index in [2.05, 4.69) is 37.9 Å². The maximum absolute atomic E-state index is 3.81. The molecule has 0 radical (unpaired) electrons. The first-order valence-corrected chi connectivity index (χ1v) is 7.69. The quantitative estimate of drug-likeness (QED) is 0.735. The van der Waals surface area contributed by atoms with Gasteiger partial charge in [0.15, 0.2) is 0 Å². The minimum absolute atomic E-state index is 0.698. The van der Waals surface area contributed by atoms with Gasteiger partial charge in [0, 0.05) is 12.1 Å². The van der Waals surface area contributed by atoms with Crippen molar-refractivity contribution in [3.05, 3.63) is 0 Å². The fourth-order valence-electron chi connectivity index (χ4n) is 3.03. The van der Waals surface area contributed by atoms with Crippen LogP contribution >= 0.6 is 0 Å². The van der Waals surface area contributed by atoms with Crippen LogP contribution < -0.4 is 5.32 Å². The van der Waals surface area contributed by atoms with Crippen molar-refractivity contribution < 1.29 is 0 Å². The van der Waals surface area contributed by atoms with Gasteiger partial charge < -0.3 is 10.2 Å². The molecule has 0 aromatic heterocycles. The topological polar surface area (TPSA) is 15.3 Å². The molecule has 1 heterocycles. The van der Waals surface area contributed by atoms with Crippen molar-refractivity contribution in [1.82, 2.24) is 10.2 Å². The van der Waals surface area contributed by atoms with Gasteiger partial charge >= 0.3 is 0 Å². The van der Waals surface area contributed by atoms with Crippen LogP contribution in [-0.4, -0.2) is 36.6 Å². The van der Waals surface area contributed by atoms with Gasteiger partial charge in [-0.05, 0) is 64.6 Å². The smallest absolute Gasteiger partial charge is 0.00705 e. The van der Waals surface area contributed by atoms with E-state index in [1.54, 1.807) is 0 Å². The van der Waals surface area contributed by atoms with E-state index < -0.39 is 0 Å². The molecular weight excluding hydrogens is 208 g/mol. The molecule has 0 aromatic carbocycles. The molecular formula is C15H32N2.